The zero-order chi connectivity index (χ0) is 22.3. The zero-order valence-corrected chi connectivity index (χ0v) is 19.2. The number of pyridine rings is 1. The lowest BCUT2D eigenvalue weighted by molar-refractivity contribution is 0.0341. The number of morpholine rings is 1. The van der Waals surface area contributed by atoms with Crippen LogP contribution in [0.3, 0.4) is 0 Å². The number of carbonyl (C=O) groups is 1. The maximum absolute atomic E-state index is 13.6. The van der Waals surface area contributed by atoms with Gasteiger partial charge in [0.05, 0.1) is 35.5 Å². The molecule has 0 spiro atoms. The Labute approximate surface area is 198 Å². The highest BCUT2D eigenvalue weighted by Gasteiger charge is 2.19. The van der Waals surface area contributed by atoms with E-state index in [9.17, 15) is 4.79 Å². The van der Waals surface area contributed by atoms with Crippen LogP contribution >= 0.6 is 23.2 Å². The summed E-state index contributed by atoms with van der Waals surface area (Å²) in [6, 6.07) is 19.0. The Bertz CT molecular complexity index is 1060. The van der Waals surface area contributed by atoms with Crippen LogP contribution < -0.4 is 0 Å². The summed E-state index contributed by atoms with van der Waals surface area (Å²) in [5.74, 6) is -0.0504. The van der Waals surface area contributed by atoms with Crippen molar-refractivity contribution < 1.29 is 9.53 Å². The number of carbonyl (C=O) groups excluding carboxylic acids is 1. The molecule has 0 aliphatic carbocycles. The smallest absolute Gasteiger partial charge is 0.254 e. The number of benzene rings is 2. The Morgan fingerprint density at radius 2 is 1.78 bits per heavy atom. The van der Waals surface area contributed by atoms with Crippen molar-refractivity contribution in [2.45, 2.75) is 19.6 Å². The third-order valence-electron chi connectivity index (χ3n) is 5.41. The fourth-order valence-corrected chi connectivity index (χ4v) is 4.07. The summed E-state index contributed by atoms with van der Waals surface area (Å²) in [4.78, 5) is 22.1. The Hall–Kier alpha value is -2.44. The molecule has 1 saturated heterocycles. The number of nitrogens with zero attached hydrogens (tertiary/aromatic N) is 3. The number of ether oxygens (including phenoxy) is 1. The van der Waals surface area contributed by atoms with Gasteiger partial charge in [-0.25, -0.2) is 0 Å². The van der Waals surface area contributed by atoms with E-state index in [0.717, 1.165) is 49.7 Å². The monoisotopic (exact) mass is 469 g/mol. The van der Waals surface area contributed by atoms with E-state index < -0.39 is 0 Å². The van der Waals surface area contributed by atoms with Gasteiger partial charge in [0.15, 0.2) is 0 Å². The third kappa shape index (κ3) is 6.08. The number of hydrogen-bond donors (Lipinski definition) is 0. The van der Waals surface area contributed by atoms with Gasteiger partial charge in [-0.3, -0.25) is 14.7 Å². The highest BCUT2D eigenvalue weighted by atomic mass is 35.5. The maximum atomic E-state index is 13.6. The van der Waals surface area contributed by atoms with Gasteiger partial charge in [0.1, 0.15) is 0 Å². The Morgan fingerprint density at radius 3 is 2.53 bits per heavy atom. The summed E-state index contributed by atoms with van der Waals surface area (Å²) in [6.45, 7) is 4.91. The van der Waals surface area contributed by atoms with E-state index in [0.29, 0.717) is 28.7 Å². The van der Waals surface area contributed by atoms with E-state index in [2.05, 4.69) is 16.0 Å². The van der Waals surface area contributed by atoms with Gasteiger partial charge < -0.3 is 9.64 Å². The van der Waals surface area contributed by atoms with Crippen molar-refractivity contribution in [2.75, 3.05) is 26.3 Å². The molecule has 2 heterocycles. The molecule has 7 heteroatoms. The van der Waals surface area contributed by atoms with Crippen LogP contribution in [0.1, 0.15) is 27.2 Å². The van der Waals surface area contributed by atoms with Crippen LogP contribution in [0.5, 0.6) is 0 Å². The molecule has 0 bridgehead atoms. The molecule has 32 heavy (non-hydrogen) atoms. The number of rotatable bonds is 7. The average Bonchev–Trinajstić information content (AvgIpc) is 2.82. The van der Waals surface area contributed by atoms with Gasteiger partial charge in [-0.05, 0) is 47.5 Å². The molecule has 1 aromatic heterocycles. The molecule has 2 aromatic carbocycles. The molecule has 0 saturated carbocycles. The van der Waals surface area contributed by atoms with E-state index in [1.165, 1.54) is 0 Å². The Morgan fingerprint density at radius 1 is 0.938 bits per heavy atom. The standard InChI is InChI=1S/C25H25Cl2N3O2/c26-23-8-7-20(15-24(23)27)17-30(18-22-6-1-2-9-28-22)25(31)21-5-3-4-19(14-21)16-29-10-12-32-13-11-29/h1-9,14-15H,10-13,16-18H2. The molecular weight excluding hydrogens is 445 g/mol. The number of amides is 1. The molecule has 1 fully saturated rings. The fraction of sp³-hybridized carbons (Fsp3) is 0.280. The minimum Gasteiger partial charge on any atom is -0.379 e. The van der Waals surface area contributed by atoms with Crippen LogP contribution in [0.25, 0.3) is 0 Å². The molecule has 166 valence electrons. The predicted octanol–water partition coefficient (Wildman–Crippen LogP) is 5.06. The van der Waals surface area contributed by atoms with E-state index in [4.69, 9.17) is 27.9 Å². The van der Waals surface area contributed by atoms with Gasteiger partial charge in [-0.1, -0.05) is 47.5 Å². The second-order valence-corrected chi connectivity index (χ2v) is 8.63. The first kappa shape index (κ1) is 22.7. The predicted molar refractivity (Wildman–Crippen MR) is 127 cm³/mol. The second kappa shape index (κ2) is 10.9. The summed E-state index contributed by atoms with van der Waals surface area (Å²) in [6.07, 6.45) is 1.74. The summed E-state index contributed by atoms with van der Waals surface area (Å²) >= 11 is 12.3. The van der Waals surface area contributed by atoms with Crippen molar-refractivity contribution in [1.29, 1.82) is 0 Å². The number of halogens is 2. The average molecular weight is 470 g/mol. The van der Waals surface area contributed by atoms with E-state index in [1.807, 2.05) is 42.5 Å². The molecule has 0 unspecified atom stereocenters. The van der Waals surface area contributed by atoms with Gasteiger partial charge in [-0.15, -0.1) is 0 Å². The molecular formula is C25H25Cl2N3O2. The number of aromatic nitrogens is 1. The van der Waals surface area contributed by atoms with Gasteiger partial charge >= 0.3 is 0 Å². The third-order valence-corrected chi connectivity index (χ3v) is 6.15. The molecule has 1 aliphatic heterocycles. The summed E-state index contributed by atoms with van der Waals surface area (Å²) in [7, 11) is 0. The van der Waals surface area contributed by atoms with Crippen LogP contribution in [0.15, 0.2) is 66.9 Å². The molecule has 1 amide bonds. The molecule has 3 aromatic rings. The van der Waals surface area contributed by atoms with Crippen LogP contribution in [0.4, 0.5) is 0 Å². The summed E-state index contributed by atoms with van der Waals surface area (Å²) in [5, 5.41) is 0.968. The normalized spacial score (nSPS) is 14.3. The molecule has 0 N–H and O–H groups in total. The van der Waals surface area contributed by atoms with Gasteiger partial charge in [-0.2, -0.15) is 0 Å². The quantitative estimate of drug-likeness (QED) is 0.484. The van der Waals surface area contributed by atoms with Crippen LogP contribution in [0.2, 0.25) is 10.0 Å². The Balaban J connectivity index is 1.56. The van der Waals surface area contributed by atoms with Gasteiger partial charge in [0.25, 0.3) is 5.91 Å². The lowest BCUT2D eigenvalue weighted by Gasteiger charge is -2.27. The van der Waals surface area contributed by atoms with Gasteiger partial charge in [0, 0.05) is 37.9 Å². The van der Waals surface area contributed by atoms with Crippen molar-refractivity contribution in [3.05, 3.63) is 99.3 Å². The first-order valence-corrected chi connectivity index (χ1v) is 11.4. The minimum atomic E-state index is -0.0504. The lowest BCUT2D eigenvalue weighted by atomic mass is 10.1. The largest absolute Gasteiger partial charge is 0.379 e. The summed E-state index contributed by atoms with van der Waals surface area (Å²) in [5.41, 5.74) is 3.51. The highest BCUT2D eigenvalue weighted by molar-refractivity contribution is 6.42. The minimum absolute atomic E-state index is 0.0504. The fourth-order valence-electron chi connectivity index (χ4n) is 3.75. The highest BCUT2D eigenvalue weighted by Crippen LogP contribution is 2.24. The zero-order valence-electron chi connectivity index (χ0n) is 17.7. The van der Waals surface area contributed by atoms with Crippen molar-refractivity contribution in [2.24, 2.45) is 0 Å². The van der Waals surface area contributed by atoms with Crippen molar-refractivity contribution in [3.8, 4) is 0 Å². The van der Waals surface area contributed by atoms with E-state index in [1.54, 1.807) is 23.2 Å². The van der Waals surface area contributed by atoms with E-state index >= 15 is 0 Å². The van der Waals surface area contributed by atoms with Crippen molar-refractivity contribution in [3.63, 3.8) is 0 Å². The second-order valence-electron chi connectivity index (χ2n) is 7.82. The SMILES string of the molecule is O=C(c1cccc(CN2CCOCC2)c1)N(Cc1ccc(Cl)c(Cl)c1)Cc1ccccn1. The van der Waals surface area contributed by atoms with Gasteiger partial charge in [0.2, 0.25) is 0 Å². The van der Waals surface area contributed by atoms with Crippen LogP contribution in [0, 0.1) is 0 Å². The summed E-state index contributed by atoms with van der Waals surface area (Å²) < 4.78 is 5.43. The first-order chi connectivity index (χ1) is 15.6. The molecule has 0 radical (unpaired) electrons. The topological polar surface area (TPSA) is 45.7 Å². The lowest BCUT2D eigenvalue weighted by Crippen LogP contribution is -2.35. The van der Waals surface area contributed by atoms with Crippen LogP contribution in [-0.2, 0) is 24.4 Å². The molecule has 4 rings (SSSR count). The molecule has 0 atom stereocenters. The van der Waals surface area contributed by atoms with E-state index in [-0.39, 0.29) is 5.91 Å². The number of hydrogen-bond acceptors (Lipinski definition) is 4. The maximum Gasteiger partial charge on any atom is 0.254 e. The molecule has 5 nitrogen and oxygen atoms in total. The Kier molecular flexibility index (Phi) is 7.76. The first-order valence-electron chi connectivity index (χ1n) is 10.6. The van der Waals surface area contributed by atoms with Crippen molar-refractivity contribution in [1.82, 2.24) is 14.8 Å². The van der Waals surface area contributed by atoms with Crippen LogP contribution in [-0.4, -0.2) is 47.0 Å². The molecule has 1 aliphatic rings. The van der Waals surface area contributed by atoms with Crippen molar-refractivity contribution >= 4 is 29.1 Å².